The van der Waals surface area contributed by atoms with E-state index >= 15 is 0 Å². The van der Waals surface area contributed by atoms with Gasteiger partial charge in [-0.05, 0) is 12.1 Å². The lowest BCUT2D eigenvalue weighted by atomic mass is 10.3. The second-order valence-corrected chi connectivity index (χ2v) is 2.95. The van der Waals surface area contributed by atoms with Gasteiger partial charge in [0.2, 0.25) is 0 Å². The minimum atomic E-state index is -0.591. The minimum absolute atomic E-state index is 0.223. The van der Waals surface area contributed by atoms with Gasteiger partial charge in [0, 0.05) is 0 Å². The number of anilines is 1. The standard InChI is InChI=1S/C9H11NO3/c10-7-2-1-3-8-9(7)13-5-6(11)4-12-8/h1-3,6,11H,4-5,10H2. The van der Waals surface area contributed by atoms with Crippen LogP contribution >= 0.6 is 0 Å². The highest BCUT2D eigenvalue weighted by molar-refractivity contribution is 5.60. The van der Waals surface area contributed by atoms with Gasteiger partial charge >= 0.3 is 0 Å². The topological polar surface area (TPSA) is 64.7 Å². The van der Waals surface area contributed by atoms with Crippen molar-refractivity contribution in [3.8, 4) is 11.5 Å². The first-order valence-electron chi connectivity index (χ1n) is 4.09. The molecule has 1 aliphatic rings. The van der Waals surface area contributed by atoms with E-state index in [9.17, 15) is 5.11 Å². The van der Waals surface area contributed by atoms with E-state index in [1.54, 1.807) is 18.2 Å². The first-order chi connectivity index (χ1) is 6.27. The van der Waals surface area contributed by atoms with Crippen molar-refractivity contribution in [1.82, 2.24) is 0 Å². The fraction of sp³-hybridized carbons (Fsp3) is 0.333. The Labute approximate surface area is 75.9 Å². The van der Waals surface area contributed by atoms with Gasteiger partial charge in [-0.3, -0.25) is 0 Å². The summed E-state index contributed by atoms with van der Waals surface area (Å²) < 4.78 is 10.6. The van der Waals surface area contributed by atoms with Crippen LogP contribution in [0.5, 0.6) is 11.5 Å². The van der Waals surface area contributed by atoms with Gasteiger partial charge in [0.25, 0.3) is 0 Å². The fourth-order valence-electron chi connectivity index (χ4n) is 1.21. The van der Waals surface area contributed by atoms with Gasteiger partial charge in [0.05, 0.1) is 5.69 Å². The van der Waals surface area contributed by atoms with Crippen LogP contribution in [0, 0.1) is 0 Å². The summed E-state index contributed by atoms with van der Waals surface area (Å²) >= 11 is 0. The van der Waals surface area contributed by atoms with Crippen LogP contribution in [-0.2, 0) is 0 Å². The smallest absolute Gasteiger partial charge is 0.184 e. The Morgan fingerprint density at radius 3 is 2.92 bits per heavy atom. The fourth-order valence-corrected chi connectivity index (χ4v) is 1.21. The third-order valence-electron chi connectivity index (χ3n) is 1.86. The zero-order valence-corrected chi connectivity index (χ0v) is 7.06. The third-order valence-corrected chi connectivity index (χ3v) is 1.86. The molecule has 0 spiro atoms. The molecule has 0 saturated heterocycles. The molecule has 0 saturated carbocycles. The molecule has 3 N–H and O–H groups in total. The maximum Gasteiger partial charge on any atom is 0.184 e. The van der Waals surface area contributed by atoms with Crippen LogP contribution in [0.2, 0.25) is 0 Å². The van der Waals surface area contributed by atoms with E-state index in [0.29, 0.717) is 17.2 Å². The Morgan fingerprint density at radius 2 is 2.08 bits per heavy atom. The average molecular weight is 181 g/mol. The molecule has 70 valence electrons. The predicted molar refractivity (Wildman–Crippen MR) is 47.9 cm³/mol. The zero-order chi connectivity index (χ0) is 9.26. The van der Waals surface area contributed by atoms with Crippen LogP contribution < -0.4 is 15.2 Å². The largest absolute Gasteiger partial charge is 0.487 e. The molecule has 4 heteroatoms. The van der Waals surface area contributed by atoms with Gasteiger partial charge in [-0.15, -0.1) is 0 Å². The number of aliphatic hydroxyl groups is 1. The number of hydrogen-bond acceptors (Lipinski definition) is 4. The SMILES string of the molecule is Nc1cccc2c1OCC(O)CO2. The van der Waals surface area contributed by atoms with E-state index in [4.69, 9.17) is 15.2 Å². The van der Waals surface area contributed by atoms with E-state index in [1.165, 1.54) is 0 Å². The number of nitrogen functional groups attached to an aromatic ring is 1. The normalized spacial score (nSPS) is 20.8. The third kappa shape index (κ3) is 1.53. The molecule has 0 fully saturated rings. The van der Waals surface area contributed by atoms with Crippen LogP contribution in [0.1, 0.15) is 0 Å². The Kier molecular flexibility index (Phi) is 1.98. The summed E-state index contributed by atoms with van der Waals surface area (Å²) in [4.78, 5) is 0. The number of benzene rings is 1. The van der Waals surface area contributed by atoms with Crippen molar-refractivity contribution in [3.05, 3.63) is 18.2 Å². The molecular weight excluding hydrogens is 170 g/mol. The zero-order valence-electron chi connectivity index (χ0n) is 7.06. The molecule has 0 radical (unpaired) electrons. The maximum atomic E-state index is 9.26. The number of para-hydroxylation sites is 1. The highest BCUT2D eigenvalue weighted by Crippen LogP contribution is 2.34. The van der Waals surface area contributed by atoms with Crippen molar-refractivity contribution >= 4 is 5.69 Å². The van der Waals surface area contributed by atoms with Crippen molar-refractivity contribution in [3.63, 3.8) is 0 Å². The number of nitrogens with two attached hydrogens (primary N) is 1. The quantitative estimate of drug-likeness (QED) is 0.569. The molecule has 1 heterocycles. The van der Waals surface area contributed by atoms with E-state index in [2.05, 4.69) is 0 Å². The highest BCUT2D eigenvalue weighted by Gasteiger charge is 2.17. The second-order valence-electron chi connectivity index (χ2n) is 2.95. The number of aliphatic hydroxyl groups excluding tert-OH is 1. The van der Waals surface area contributed by atoms with E-state index in [0.717, 1.165) is 0 Å². The summed E-state index contributed by atoms with van der Waals surface area (Å²) in [6, 6.07) is 5.29. The van der Waals surface area contributed by atoms with E-state index < -0.39 is 6.10 Å². The monoisotopic (exact) mass is 181 g/mol. The number of ether oxygens (including phenoxy) is 2. The van der Waals surface area contributed by atoms with Crippen molar-refractivity contribution in [2.75, 3.05) is 18.9 Å². The van der Waals surface area contributed by atoms with Crippen molar-refractivity contribution in [2.24, 2.45) is 0 Å². The average Bonchev–Trinajstić information content (AvgIpc) is 2.30. The first-order valence-corrected chi connectivity index (χ1v) is 4.09. The Bertz CT molecular complexity index is 314. The van der Waals surface area contributed by atoms with Crippen molar-refractivity contribution < 1.29 is 14.6 Å². The number of hydrogen-bond donors (Lipinski definition) is 2. The van der Waals surface area contributed by atoms with Crippen LogP contribution in [0.3, 0.4) is 0 Å². The summed E-state index contributed by atoms with van der Waals surface area (Å²) in [5, 5.41) is 9.26. The molecule has 1 aliphatic heterocycles. The lowest BCUT2D eigenvalue weighted by Gasteiger charge is -2.08. The summed E-state index contributed by atoms with van der Waals surface area (Å²) in [6.45, 7) is 0.470. The number of rotatable bonds is 0. The minimum Gasteiger partial charge on any atom is -0.487 e. The van der Waals surface area contributed by atoms with Crippen LogP contribution in [0.4, 0.5) is 5.69 Å². The van der Waals surface area contributed by atoms with Gasteiger partial charge in [0.15, 0.2) is 11.5 Å². The Morgan fingerprint density at radius 1 is 1.31 bits per heavy atom. The molecule has 1 aromatic rings. The van der Waals surface area contributed by atoms with Gasteiger partial charge in [-0.25, -0.2) is 0 Å². The lowest BCUT2D eigenvalue weighted by Crippen LogP contribution is -2.22. The molecule has 2 rings (SSSR count). The summed E-state index contributed by atoms with van der Waals surface area (Å²) in [5.74, 6) is 1.12. The van der Waals surface area contributed by atoms with Gasteiger partial charge in [-0.2, -0.15) is 0 Å². The van der Waals surface area contributed by atoms with Gasteiger partial charge in [0.1, 0.15) is 19.3 Å². The molecule has 0 aliphatic carbocycles. The maximum absolute atomic E-state index is 9.26. The Hall–Kier alpha value is -1.42. The molecule has 13 heavy (non-hydrogen) atoms. The lowest BCUT2D eigenvalue weighted by molar-refractivity contribution is 0.0803. The van der Waals surface area contributed by atoms with E-state index in [1.807, 2.05) is 0 Å². The molecule has 0 aromatic heterocycles. The molecule has 0 amide bonds. The van der Waals surface area contributed by atoms with Crippen LogP contribution in [-0.4, -0.2) is 24.4 Å². The molecule has 0 bridgehead atoms. The molecular formula is C9H11NO3. The van der Waals surface area contributed by atoms with E-state index in [-0.39, 0.29) is 13.2 Å². The van der Waals surface area contributed by atoms with Gasteiger partial charge < -0.3 is 20.3 Å². The van der Waals surface area contributed by atoms with Crippen LogP contribution in [0.25, 0.3) is 0 Å². The second kappa shape index (κ2) is 3.14. The molecule has 1 unspecified atom stereocenters. The van der Waals surface area contributed by atoms with Crippen molar-refractivity contribution in [2.45, 2.75) is 6.10 Å². The molecule has 1 aromatic carbocycles. The molecule has 1 atom stereocenters. The van der Waals surface area contributed by atoms with Crippen molar-refractivity contribution in [1.29, 1.82) is 0 Å². The number of fused-ring (bicyclic) bond motifs is 1. The first kappa shape index (κ1) is 8.19. The molecule has 4 nitrogen and oxygen atoms in total. The summed E-state index contributed by atoms with van der Waals surface area (Å²) in [6.07, 6.45) is -0.591. The van der Waals surface area contributed by atoms with Gasteiger partial charge in [-0.1, -0.05) is 6.07 Å². The van der Waals surface area contributed by atoms with Crippen LogP contribution in [0.15, 0.2) is 18.2 Å². The summed E-state index contributed by atoms with van der Waals surface area (Å²) in [7, 11) is 0. The predicted octanol–water partition coefficient (Wildman–Crippen LogP) is 0.401. The Balaban J connectivity index is 2.35. The summed E-state index contributed by atoms with van der Waals surface area (Å²) in [5.41, 5.74) is 6.20. The highest BCUT2D eigenvalue weighted by atomic mass is 16.5.